The molecule has 2 aliphatic rings. The highest BCUT2D eigenvalue weighted by Crippen LogP contribution is 2.25. The zero-order chi connectivity index (χ0) is 10.8. The van der Waals surface area contributed by atoms with Crippen LogP contribution in [0.1, 0.15) is 19.3 Å². The summed E-state index contributed by atoms with van der Waals surface area (Å²) in [6.45, 7) is 2.14. The minimum atomic E-state index is -0.167. The van der Waals surface area contributed by atoms with E-state index in [1.54, 1.807) is 7.11 Å². The molecule has 0 bridgehead atoms. The van der Waals surface area contributed by atoms with Gasteiger partial charge in [0.2, 0.25) is 5.91 Å². The number of carbonyl (C=O) groups excluding carboxylic acids is 1. The van der Waals surface area contributed by atoms with Gasteiger partial charge in [-0.1, -0.05) is 22.4 Å². The Kier molecular flexibility index (Phi) is 3.64. The molecule has 2 fully saturated rings. The zero-order valence-electron chi connectivity index (χ0n) is 8.91. The van der Waals surface area contributed by atoms with E-state index in [0.29, 0.717) is 0 Å². The molecule has 2 aliphatic heterocycles. The molecule has 0 aromatic heterocycles. The van der Waals surface area contributed by atoms with Crippen molar-refractivity contribution in [3.63, 3.8) is 0 Å². The number of carbonyl (C=O) groups is 1. The van der Waals surface area contributed by atoms with Crippen molar-refractivity contribution in [2.75, 3.05) is 20.2 Å². The van der Waals surface area contributed by atoms with Crippen molar-refractivity contribution < 1.29 is 9.53 Å². The van der Waals surface area contributed by atoms with E-state index in [-0.39, 0.29) is 23.0 Å². The van der Waals surface area contributed by atoms with E-state index in [9.17, 15) is 4.79 Å². The second-order valence-corrected chi connectivity index (χ2v) is 5.14. The van der Waals surface area contributed by atoms with Crippen molar-refractivity contribution in [3.8, 4) is 0 Å². The van der Waals surface area contributed by atoms with Gasteiger partial charge >= 0.3 is 0 Å². The number of methoxy groups -OCH3 is 1. The Morgan fingerprint density at radius 3 is 2.67 bits per heavy atom. The maximum atomic E-state index is 11.5. The SMILES string of the molecule is CO[C@H]1NC(=O)[C@H](Br)[C@@H]1N1CCCCC1. The van der Waals surface area contributed by atoms with Gasteiger partial charge < -0.3 is 10.1 Å². The fraction of sp³-hybridized carbons (Fsp3) is 0.900. The van der Waals surface area contributed by atoms with E-state index >= 15 is 0 Å². The van der Waals surface area contributed by atoms with Crippen LogP contribution in [0.3, 0.4) is 0 Å². The summed E-state index contributed by atoms with van der Waals surface area (Å²) in [5, 5.41) is 2.85. The number of likely N-dealkylation sites (tertiary alicyclic amines) is 1. The number of ether oxygens (including phenoxy) is 1. The monoisotopic (exact) mass is 276 g/mol. The smallest absolute Gasteiger partial charge is 0.237 e. The Morgan fingerprint density at radius 2 is 2.07 bits per heavy atom. The van der Waals surface area contributed by atoms with Crippen molar-refractivity contribution in [3.05, 3.63) is 0 Å². The largest absolute Gasteiger partial charge is 0.360 e. The minimum Gasteiger partial charge on any atom is -0.360 e. The first-order valence-electron chi connectivity index (χ1n) is 5.45. The Bertz CT molecular complexity index is 244. The number of amides is 1. The Balaban J connectivity index is 2.06. The van der Waals surface area contributed by atoms with E-state index in [2.05, 4.69) is 26.1 Å². The van der Waals surface area contributed by atoms with Crippen molar-refractivity contribution in [2.45, 2.75) is 36.4 Å². The Labute approximate surface area is 98.5 Å². The predicted octanol–water partition coefficient (Wildman–Crippen LogP) is 0.707. The van der Waals surface area contributed by atoms with Gasteiger partial charge in [0.1, 0.15) is 11.1 Å². The molecule has 0 radical (unpaired) electrons. The second-order valence-electron chi connectivity index (χ2n) is 4.15. The van der Waals surface area contributed by atoms with Crippen LogP contribution in [0.2, 0.25) is 0 Å². The number of hydrogen-bond donors (Lipinski definition) is 1. The molecule has 2 saturated heterocycles. The van der Waals surface area contributed by atoms with Crippen LogP contribution in [0.25, 0.3) is 0 Å². The summed E-state index contributed by atoms with van der Waals surface area (Å²) in [5.41, 5.74) is 0. The maximum absolute atomic E-state index is 11.5. The molecule has 2 heterocycles. The van der Waals surface area contributed by atoms with Gasteiger partial charge in [-0.15, -0.1) is 0 Å². The minimum absolute atomic E-state index is 0.0393. The van der Waals surface area contributed by atoms with Gasteiger partial charge in [0, 0.05) is 7.11 Å². The second kappa shape index (κ2) is 4.80. The third-order valence-corrected chi connectivity index (χ3v) is 4.17. The lowest BCUT2D eigenvalue weighted by molar-refractivity contribution is -0.120. The molecule has 5 heteroatoms. The van der Waals surface area contributed by atoms with Crippen LogP contribution in [-0.4, -0.2) is 48.1 Å². The first-order valence-corrected chi connectivity index (χ1v) is 6.37. The topological polar surface area (TPSA) is 41.6 Å². The summed E-state index contributed by atoms with van der Waals surface area (Å²) < 4.78 is 5.31. The van der Waals surface area contributed by atoms with Crippen LogP contribution >= 0.6 is 15.9 Å². The molecule has 86 valence electrons. The van der Waals surface area contributed by atoms with Crippen molar-refractivity contribution in [2.24, 2.45) is 0 Å². The van der Waals surface area contributed by atoms with Crippen LogP contribution in [0.4, 0.5) is 0 Å². The summed E-state index contributed by atoms with van der Waals surface area (Å²) in [4.78, 5) is 13.7. The van der Waals surface area contributed by atoms with E-state index in [4.69, 9.17) is 4.74 Å². The summed E-state index contributed by atoms with van der Waals surface area (Å²) >= 11 is 3.45. The number of halogens is 1. The number of alkyl halides is 1. The molecule has 0 unspecified atom stereocenters. The number of piperidine rings is 1. The summed E-state index contributed by atoms with van der Waals surface area (Å²) in [5.74, 6) is 0.0393. The van der Waals surface area contributed by atoms with Crippen LogP contribution in [0.5, 0.6) is 0 Å². The zero-order valence-corrected chi connectivity index (χ0v) is 10.5. The highest BCUT2D eigenvalue weighted by Gasteiger charge is 2.44. The van der Waals surface area contributed by atoms with Crippen LogP contribution < -0.4 is 5.32 Å². The Morgan fingerprint density at radius 1 is 1.40 bits per heavy atom. The van der Waals surface area contributed by atoms with Gasteiger partial charge in [0.15, 0.2) is 0 Å². The average molecular weight is 277 g/mol. The fourth-order valence-corrected chi connectivity index (χ4v) is 3.15. The Hall–Kier alpha value is -0.130. The van der Waals surface area contributed by atoms with E-state index in [0.717, 1.165) is 13.1 Å². The predicted molar refractivity (Wildman–Crippen MR) is 60.9 cm³/mol. The molecule has 0 aliphatic carbocycles. The molecular weight excluding hydrogens is 260 g/mol. The quantitative estimate of drug-likeness (QED) is 0.756. The number of rotatable bonds is 2. The highest BCUT2D eigenvalue weighted by molar-refractivity contribution is 9.10. The summed E-state index contributed by atoms with van der Waals surface area (Å²) in [7, 11) is 1.65. The van der Waals surface area contributed by atoms with Gasteiger partial charge in [0.05, 0.1) is 6.04 Å². The van der Waals surface area contributed by atoms with Crippen molar-refractivity contribution in [1.82, 2.24) is 10.2 Å². The molecular formula is C10H17BrN2O2. The van der Waals surface area contributed by atoms with Crippen LogP contribution in [-0.2, 0) is 9.53 Å². The first kappa shape index (κ1) is 11.4. The molecule has 0 aromatic rings. The third kappa shape index (κ3) is 2.19. The standard InChI is InChI=1S/C10H17BrN2O2/c1-15-10-8(7(11)9(14)12-10)13-5-3-2-4-6-13/h7-8,10H,2-6H2,1H3,(H,12,14)/t7-,8+,10-/m1/s1. The molecule has 3 atom stereocenters. The molecule has 0 aromatic carbocycles. The van der Waals surface area contributed by atoms with E-state index in [1.165, 1.54) is 19.3 Å². The van der Waals surface area contributed by atoms with Gasteiger partial charge in [-0.2, -0.15) is 0 Å². The van der Waals surface area contributed by atoms with Crippen molar-refractivity contribution in [1.29, 1.82) is 0 Å². The highest BCUT2D eigenvalue weighted by atomic mass is 79.9. The normalized spacial score (nSPS) is 38.0. The lowest BCUT2D eigenvalue weighted by Gasteiger charge is -2.35. The van der Waals surface area contributed by atoms with E-state index in [1.807, 2.05) is 0 Å². The average Bonchev–Trinajstić information content (AvgIpc) is 2.56. The lowest BCUT2D eigenvalue weighted by atomic mass is 10.1. The van der Waals surface area contributed by atoms with Gasteiger partial charge in [-0.3, -0.25) is 9.69 Å². The number of hydrogen-bond acceptors (Lipinski definition) is 3. The van der Waals surface area contributed by atoms with Gasteiger partial charge in [0.25, 0.3) is 0 Å². The number of nitrogens with zero attached hydrogens (tertiary/aromatic N) is 1. The molecule has 1 N–H and O–H groups in total. The lowest BCUT2D eigenvalue weighted by Crippen LogP contribution is -2.49. The summed E-state index contributed by atoms with van der Waals surface area (Å²) in [6, 6.07) is 0.141. The molecule has 2 rings (SSSR count). The maximum Gasteiger partial charge on any atom is 0.237 e. The molecule has 15 heavy (non-hydrogen) atoms. The van der Waals surface area contributed by atoms with Gasteiger partial charge in [-0.05, 0) is 25.9 Å². The van der Waals surface area contributed by atoms with Crippen LogP contribution in [0, 0.1) is 0 Å². The van der Waals surface area contributed by atoms with Crippen molar-refractivity contribution >= 4 is 21.8 Å². The fourth-order valence-electron chi connectivity index (χ4n) is 2.41. The first-order chi connectivity index (χ1) is 7.24. The van der Waals surface area contributed by atoms with E-state index < -0.39 is 0 Å². The van der Waals surface area contributed by atoms with Crippen LogP contribution in [0.15, 0.2) is 0 Å². The number of nitrogens with one attached hydrogen (secondary N) is 1. The third-order valence-electron chi connectivity index (χ3n) is 3.21. The molecule has 4 nitrogen and oxygen atoms in total. The molecule has 1 amide bonds. The molecule has 0 spiro atoms. The molecule has 0 saturated carbocycles. The summed E-state index contributed by atoms with van der Waals surface area (Å²) in [6.07, 6.45) is 3.58. The van der Waals surface area contributed by atoms with Gasteiger partial charge in [-0.25, -0.2) is 0 Å².